The van der Waals surface area contributed by atoms with Gasteiger partial charge in [-0.05, 0) is 18.9 Å². The average Bonchev–Trinajstić information content (AvgIpc) is 2.33. The zero-order valence-electron chi connectivity index (χ0n) is 11.8. The Bertz CT molecular complexity index is 379. The van der Waals surface area contributed by atoms with Crippen molar-refractivity contribution in [2.24, 2.45) is 11.1 Å². The van der Waals surface area contributed by atoms with Gasteiger partial charge in [-0.2, -0.15) is 0 Å². The van der Waals surface area contributed by atoms with Crippen molar-refractivity contribution >= 4 is 16.0 Å². The van der Waals surface area contributed by atoms with Crippen LogP contribution in [0.1, 0.15) is 27.7 Å². The second-order valence-electron chi connectivity index (χ2n) is 5.00. The van der Waals surface area contributed by atoms with Crippen LogP contribution in [-0.4, -0.2) is 50.7 Å². The lowest BCUT2D eigenvalue weighted by Gasteiger charge is -2.31. The van der Waals surface area contributed by atoms with E-state index in [2.05, 4.69) is 4.74 Å². The number of ether oxygens (including phenoxy) is 1. The number of carbonyl (C=O) groups excluding carboxylic acids is 1. The Morgan fingerprint density at radius 2 is 1.94 bits per heavy atom. The van der Waals surface area contributed by atoms with E-state index in [9.17, 15) is 13.2 Å². The minimum atomic E-state index is -3.70. The number of esters is 1. The van der Waals surface area contributed by atoms with Crippen LogP contribution in [0, 0.1) is 5.41 Å². The number of carbonyl (C=O) groups is 1. The minimum absolute atomic E-state index is 0.281. The van der Waals surface area contributed by atoms with Crippen molar-refractivity contribution in [1.82, 2.24) is 4.31 Å². The predicted octanol–water partition coefficient (Wildman–Crippen LogP) is 0.185. The van der Waals surface area contributed by atoms with Gasteiger partial charge in [-0.3, -0.25) is 4.79 Å². The highest BCUT2D eigenvalue weighted by Gasteiger charge is 2.36. The maximum absolute atomic E-state index is 12.2. The van der Waals surface area contributed by atoms with Crippen molar-refractivity contribution in [3.05, 3.63) is 0 Å². The fraction of sp³-hybridized carbons (Fsp3) is 0.909. The fourth-order valence-corrected chi connectivity index (χ4v) is 3.11. The Morgan fingerprint density at radius 1 is 1.44 bits per heavy atom. The van der Waals surface area contributed by atoms with Gasteiger partial charge in [0.1, 0.15) is 0 Å². The van der Waals surface area contributed by atoms with E-state index in [1.165, 1.54) is 18.3 Å². The molecular weight excluding hydrogens is 256 g/mol. The van der Waals surface area contributed by atoms with Crippen LogP contribution in [0.5, 0.6) is 0 Å². The van der Waals surface area contributed by atoms with Gasteiger partial charge in [0.05, 0.1) is 7.11 Å². The van der Waals surface area contributed by atoms with Crippen molar-refractivity contribution in [3.63, 3.8) is 0 Å². The molecule has 0 aliphatic heterocycles. The first-order valence-electron chi connectivity index (χ1n) is 5.89. The molecule has 6 nitrogen and oxygen atoms in total. The first kappa shape index (κ1) is 17.3. The van der Waals surface area contributed by atoms with Crippen molar-refractivity contribution in [3.8, 4) is 0 Å². The summed E-state index contributed by atoms with van der Waals surface area (Å²) in [5, 5.41) is -1.20. The molecule has 0 heterocycles. The van der Waals surface area contributed by atoms with Gasteiger partial charge in [0.25, 0.3) is 0 Å². The molecule has 0 aromatic heterocycles. The average molecular weight is 280 g/mol. The molecule has 1 atom stereocenters. The van der Waals surface area contributed by atoms with E-state index in [1.54, 1.807) is 6.92 Å². The molecular formula is C11H24N2O4S. The SMILES string of the molecule is CCN(CC(C)(C)CN)S(=O)(=O)C(C)C(=O)OC. The summed E-state index contributed by atoms with van der Waals surface area (Å²) in [6, 6.07) is 0. The Labute approximate surface area is 110 Å². The van der Waals surface area contributed by atoms with Crippen LogP contribution in [-0.2, 0) is 19.6 Å². The largest absolute Gasteiger partial charge is 0.468 e. The van der Waals surface area contributed by atoms with E-state index in [0.717, 1.165) is 0 Å². The summed E-state index contributed by atoms with van der Waals surface area (Å²) in [5.74, 6) is -0.751. The van der Waals surface area contributed by atoms with Gasteiger partial charge in [0, 0.05) is 13.1 Å². The molecule has 0 amide bonds. The molecule has 0 spiro atoms. The van der Waals surface area contributed by atoms with Crippen molar-refractivity contribution in [2.45, 2.75) is 32.9 Å². The normalized spacial score (nSPS) is 14.6. The highest BCUT2D eigenvalue weighted by Crippen LogP contribution is 2.19. The first-order valence-corrected chi connectivity index (χ1v) is 7.39. The second kappa shape index (κ2) is 6.49. The summed E-state index contributed by atoms with van der Waals surface area (Å²) < 4.78 is 30.2. The standard InChI is InChI=1S/C11H24N2O4S/c1-6-13(8-11(3,4)7-12)18(15,16)9(2)10(14)17-5/h9H,6-8,12H2,1-5H3. The highest BCUT2D eigenvalue weighted by atomic mass is 32.2. The van der Waals surface area contributed by atoms with Gasteiger partial charge < -0.3 is 10.5 Å². The lowest BCUT2D eigenvalue weighted by atomic mass is 9.94. The molecule has 108 valence electrons. The van der Waals surface area contributed by atoms with E-state index in [1.807, 2.05) is 13.8 Å². The Hall–Kier alpha value is -0.660. The number of nitrogens with two attached hydrogens (primary N) is 1. The van der Waals surface area contributed by atoms with Gasteiger partial charge in [-0.1, -0.05) is 20.8 Å². The number of nitrogens with zero attached hydrogens (tertiary/aromatic N) is 1. The number of rotatable bonds is 7. The molecule has 0 aliphatic carbocycles. The van der Waals surface area contributed by atoms with E-state index < -0.39 is 21.2 Å². The van der Waals surface area contributed by atoms with Gasteiger partial charge >= 0.3 is 5.97 Å². The monoisotopic (exact) mass is 280 g/mol. The van der Waals surface area contributed by atoms with Crippen LogP contribution < -0.4 is 5.73 Å². The zero-order chi connectivity index (χ0) is 14.6. The molecule has 7 heteroatoms. The lowest BCUT2D eigenvalue weighted by molar-refractivity contribution is -0.139. The summed E-state index contributed by atoms with van der Waals surface area (Å²) in [5.41, 5.74) is 5.27. The Balaban J connectivity index is 5.11. The number of hydrogen-bond donors (Lipinski definition) is 1. The summed E-state index contributed by atoms with van der Waals surface area (Å²) in [4.78, 5) is 11.4. The van der Waals surface area contributed by atoms with Crippen LogP contribution in [0.25, 0.3) is 0 Å². The topological polar surface area (TPSA) is 89.7 Å². The van der Waals surface area contributed by atoms with Crippen LogP contribution in [0.3, 0.4) is 0 Å². The third kappa shape index (κ3) is 4.22. The summed E-state index contributed by atoms with van der Waals surface area (Å²) >= 11 is 0. The van der Waals surface area contributed by atoms with Crippen LogP contribution in [0.4, 0.5) is 0 Å². The van der Waals surface area contributed by atoms with Crippen molar-refractivity contribution < 1.29 is 17.9 Å². The van der Waals surface area contributed by atoms with Gasteiger partial charge in [0.15, 0.2) is 5.25 Å². The summed E-state index contributed by atoms with van der Waals surface area (Å²) in [6.07, 6.45) is 0. The van der Waals surface area contributed by atoms with E-state index in [-0.39, 0.29) is 12.0 Å². The van der Waals surface area contributed by atoms with Crippen LogP contribution in [0.2, 0.25) is 0 Å². The molecule has 0 fully saturated rings. The molecule has 0 aromatic carbocycles. The molecule has 1 unspecified atom stereocenters. The lowest BCUT2D eigenvalue weighted by Crippen LogP contribution is -2.47. The third-order valence-corrected chi connectivity index (χ3v) is 5.04. The summed E-state index contributed by atoms with van der Waals surface area (Å²) in [6.45, 7) is 7.78. The minimum Gasteiger partial charge on any atom is -0.468 e. The molecule has 18 heavy (non-hydrogen) atoms. The zero-order valence-corrected chi connectivity index (χ0v) is 12.6. The maximum Gasteiger partial charge on any atom is 0.325 e. The Morgan fingerprint density at radius 3 is 2.28 bits per heavy atom. The molecule has 0 aromatic rings. The first-order chi connectivity index (χ1) is 8.12. The smallest absolute Gasteiger partial charge is 0.325 e. The van der Waals surface area contributed by atoms with Gasteiger partial charge in [-0.25, -0.2) is 12.7 Å². The van der Waals surface area contributed by atoms with Gasteiger partial charge in [-0.15, -0.1) is 0 Å². The number of sulfonamides is 1. The van der Waals surface area contributed by atoms with Gasteiger partial charge in [0.2, 0.25) is 10.0 Å². The quantitative estimate of drug-likeness (QED) is 0.672. The van der Waals surface area contributed by atoms with Crippen molar-refractivity contribution in [1.29, 1.82) is 0 Å². The highest BCUT2D eigenvalue weighted by molar-refractivity contribution is 7.90. The number of hydrogen-bond acceptors (Lipinski definition) is 5. The van der Waals surface area contributed by atoms with E-state index in [0.29, 0.717) is 13.1 Å². The molecule has 0 bridgehead atoms. The maximum atomic E-state index is 12.2. The molecule has 0 rings (SSSR count). The summed E-state index contributed by atoms with van der Waals surface area (Å²) in [7, 11) is -2.53. The fourth-order valence-electron chi connectivity index (χ4n) is 1.43. The molecule has 2 N–H and O–H groups in total. The van der Waals surface area contributed by atoms with Crippen LogP contribution >= 0.6 is 0 Å². The molecule has 0 radical (unpaired) electrons. The predicted molar refractivity (Wildman–Crippen MR) is 70.5 cm³/mol. The second-order valence-corrected chi connectivity index (χ2v) is 7.26. The molecule has 0 aliphatic rings. The van der Waals surface area contributed by atoms with E-state index >= 15 is 0 Å². The van der Waals surface area contributed by atoms with E-state index in [4.69, 9.17) is 5.73 Å². The molecule has 0 saturated carbocycles. The number of methoxy groups -OCH3 is 1. The molecule has 0 saturated heterocycles. The van der Waals surface area contributed by atoms with Crippen molar-refractivity contribution in [2.75, 3.05) is 26.7 Å². The Kier molecular flexibility index (Phi) is 6.25. The third-order valence-electron chi connectivity index (χ3n) is 2.85. The van der Waals surface area contributed by atoms with Crippen LogP contribution in [0.15, 0.2) is 0 Å².